The van der Waals surface area contributed by atoms with Crippen LogP contribution >= 0.6 is 11.3 Å². The van der Waals surface area contributed by atoms with E-state index in [1.807, 2.05) is 17.5 Å². The monoisotopic (exact) mass is 328 g/mol. The molecule has 3 atom stereocenters. The van der Waals surface area contributed by atoms with Gasteiger partial charge in [-0.2, -0.15) is 0 Å². The summed E-state index contributed by atoms with van der Waals surface area (Å²) in [6.45, 7) is 0. The van der Waals surface area contributed by atoms with Crippen molar-refractivity contribution in [3.63, 3.8) is 0 Å². The van der Waals surface area contributed by atoms with Gasteiger partial charge in [0.1, 0.15) is 0 Å². The van der Waals surface area contributed by atoms with E-state index in [1.54, 1.807) is 0 Å². The Morgan fingerprint density at radius 1 is 1.30 bits per heavy atom. The summed E-state index contributed by atoms with van der Waals surface area (Å²) >= 11 is 1.45. The third-order valence-corrected chi connectivity index (χ3v) is 5.27. The average Bonchev–Trinajstić information content (AvgIpc) is 3.00. The first-order valence-electron chi connectivity index (χ1n) is 7.80. The van der Waals surface area contributed by atoms with Crippen LogP contribution in [-0.4, -0.2) is 16.1 Å². The number of nitrogens with zero attached hydrogens (tertiary/aromatic N) is 1. The van der Waals surface area contributed by atoms with E-state index >= 15 is 0 Å². The fourth-order valence-corrected chi connectivity index (χ4v) is 4.10. The third-order valence-electron chi connectivity index (χ3n) is 4.58. The largest absolute Gasteiger partial charge is 0.478 e. The number of anilines is 1. The number of benzene rings is 1. The molecule has 1 unspecified atom stereocenters. The number of carboxylic acid groups (broad SMARTS) is 1. The number of nitrogens with two attached hydrogens (primary N) is 1. The minimum atomic E-state index is -0.897. The molecular weight excluding hydrogens is 308 g/mol. The summed E-state index contributed by atoms with van der Waals surface area (Å²) in [4.78, 5) is 15.3. The molecule has 0 radical (unpaired) electrons. The van der Waals surface area contributed by atoms with Gasteiger partial charge >= 0.3 is 5.97 Å². The highest BCUT2D eigenvalue weighted by atomic mass is 32.1. The van der Waals surface area contributed by atoms with Gasteiger partial charge in [-0.15, -0.1) is 11.3 Å². The summed E-state index contributed by atoms with van der Waals surface area (Å²) in [6, 6.07) is 10.5. The molecule has 4 nitrogen and oxygen atoms in total. The van der Waals surface area contributed by atoms with Crippen LogP contribution in [0.3, 0.4) is 0 Å². The zero-order valence-corrected chi connectivity index (χ0v) is 13.6. The molecule has 1 saturated carbocycles. The van der Waals surface area contributed by atoms with E-state index in [0.29, 0.717) is 11.0 Å². The average molecular weight is 328 g/mol. The van der Waals surface area contributed by atoms with Crippen molar-refractivity contribution in [2.45, 2.75) is 31.1 Å². The molecule has 1 aliphatic rings. The van der Waals surface area contributed by atoms with E-state index in [9.17, 15) is 4.79 Å². The summed E-state index contributed by atoms with van der Waals surface area (Å²) in [7, 11) is 0. The van der Waals surface area contributed by atoms with Crippen LogP contribution in [0.25, 0.3) is 0 Å². The van der Waals surface area contributed by atoms with E-state index in [1.165, 1.54) is 23.0 Å². The molecule has 5 heteroatoms. The molecule has 0 amide bonds. The highest BCUT2D eigenvalue weighted by Gasteiger charge is 2.32. The Morgan fingerprint density at radius 2 is 2.09 bits per heavy atom. The van der Waals surface area contributed by atoms with Crippen LogP contribution in [0.2, 0.25) is 0 Å². The molecule has 120 valence electrons. The minimum Gasteiger partial charge on any atom is -0.478 e. The quantitative estimate of drug-likeness (QED) is 0.831. The van der Waals surface area contributed by atoms with Crippen LogP contribution in [0, 0.1) is 5.92 Å². The van der Waals surface area contributed by atoms with Crippen LogP contribution in [0.1, 0.15) is 42.4 Å². The summed E-state index contributed by atoms with van der Waals surface area (Å²) in [5.74, 6) is 0.0102. The van der Waals surface area contributed by atoms with E-state index < -0.39 is 5.97 Å². The number of allylic oxidation sites excluding steroid dienone is 1. The van der Waals surface area contributed by atoms with E-state index in [0.717, 1.165) is 25.0 Å². The number of rotatable bonds is 4. The highest BCUT2D eigenvalue weighted by molar-refractivity contribution is 7.13. The van der Waals surface area contributed by atoms with Gasteiger partial charge in [-0.05, 0) is 36.7 Å². The van der Waals surface area contributed by atoms with Crippen LogP contribution in [0.15, 0.2) is 47.9 Å². The molecule has 1 aromatic carbocycles. The Hall–Kier alpha value is -2.14. The fourth-order valence-electron chi connectivity index (χ4n) is 3.47. The lowest BCUT2D eigenvalue weighted by Crippen LogP contribution is -2.22. The topological polar surface area (TPSA) is 76.2 Å². The first-order valence-corrected chi connectivity index (χ1v) is 8.68. The van der Waals surface area contributed by atoms with Crippen molar-refractivity contribution in [1.82, 2.24) is 4.98 Å². The number of aromatic nitrogens is 1. The first-order chi connectivity index (χ1) is 11.1. The van der Waals surface area contributed by atoms with E-state index in [2.05, 4.69) is 29.2 Å². The molecule has 0 bridgehead atoms. The number of hydrogen-bond acceptors (Lipinski definition) is 4. The maximum atomic E-state index is 10.9. The summed E-state index contributed by atoms with van der Waals surface area (Å²) < 4.78 is 0. The van der Waals surface area contributed by atoms with Gasteiger partial charge in [0, 0.05) is 17.4 Å². The number of carboxylic acids is 1. The molecule has 0 saturated heterocycles. The smallest absolute Gasteiger partial charge is 0.327 e. The normalized spacial score (nSPS) is 24.8. The van der Waals surface area contributed by atoms with Crippen molar-refractivity contribution in [3.8, 4) is 0 Å². The summed E-state index contributed by atoms with van der Waals surface area (Å²) in [6.07, 6.45) is 6.09. The number of nitrogen functional groups attached to an aromatic ring is 1. The van der Waals surface area contributed by atoms with Crippen molar-refractivity contribution < 1.29 is 9.90 Å². The summed E-state index contributed by atoms with van der Waals surface area (Å²) in [5, 5.41) is 11.5. The minimum absolute atomic E-state index is 0.201. The zero-order chi connectivity index (χ0) is 16.2. The second-order valence-corrected chi connectivity index (χ2v) is 6.89. The number of hydrogen-bond donors (Lipinski definition) is 2. The van der Waals surface area contributed by atoms with Crippen molar-refractivity contribution in [2.75, 3.05) is 5.73 Å². The molecule has 2 aromatic rings. The number of aliphatic carboxylic acids is 1. The maximum Gasteiger partial charge on any atom is 0.327 e. The van der Waals surface area contributed by atoms with Crippen molar-refractivity contribution in [2.24, 2.45) is 5.92 Å². The Labute approximate surface area is 139 Å². The number of carbonyl (C=O) groups is 1. The predicted molar refractivity (Wildman–Crippen MR) is 92.6 cm³/mol. The molecule has 0 aliphatic heterocycles. The molecule has 1 fully saturated rings. The Bertz CT molecular complexity index is 696. The van der Waals surface area contributed by atoms with Gasteiger partial charge in [-0.25, -0.2) is 9.78 Å². The molecule has 1 aromatic heterocycles. The Balaban J connectivity index is 1.85. The van der Waals surface area contributed by atoms with Crippen LogP contribution in [0.4, 0.5) is 5.13 Å². The molecule has 0 spiro atoms. The second kappa shape index (κ2) is 6.96. The third kappa shape index (κ3) is 3.79. The summed E-state index contributed by atoms with van der Waals surface area (Å²) in [5.41, 5.74) is 8.14. The standard InChI is InChI=1S/C18H20N2O2S/c19-18-20-16(11-23-18)15-10-14(12-4-2-1-3-5-12)7-6-13(15)8-9-17(21)22/h1-5,8-9,11,13-15H,6-7,10H2,(H2,19,20)(H,21,22)/b9-8-/t13?,14-,15+/m0/s1. The Morgan fingerprint density at radius 3 is 2.74 bits per heavy atom. The van der Waals surface area contributed by atoms with E-state index in [4.69, 9.17) is 10.8 Å². The van der Waals surface area contributed by atoms with Gasteiger partial charge < -0.3 is 10.8 Å². The lowest BCUT2D eigenvalue weighted by Gasteiger charge is -2.34. The van der Waals surface area contributed by atoms with Crippen LogP contribution in [-0.2, 0) is 4.79 Å². The molecule has 1 heterocycles. The fraction of sp³-hybridized carbons (Fsp3) is 0.333. The van der Waals surface area contributed by atoms with Gasteiger partial charge in [0.15, 0.2) is 5.13 Å². The lowest BCUT2D eigenvalue weighted by atomic mass is 9.70. The molecule has 3 rings (SSSR count). The molecular formula is C18H20N2O2S. The first kappa shape index (κ1) is 15.7. The van der Waals surface area contributed by atoms with Gasteiger partial charge in [0.25, 0.3) is 0 Å². The SMILES string of the molecule is Nc1nc([C@@H]2C[C@@H](c3ccccc3)CCC2/C=C\C(=O)O)cs1. The lowest BCUT2D eigenvalue weighted by molar-refractivity contribution is -0.131. The van der Waals surface area contributed by atoms with Crippen molar-refractivity contribution in [1.29, 1.82) is 0 Å². The molecule has 3 N–H and O–H groups in total. The van der Waals surface area contributed by atoms with Gasteiger partial charge in [0.05, 0.1) is 5.69 Å². The number of thiazole rings is 1. The van der Waals surface area contributed by atoms with E-state index in [-0.39, 0.29) is 11.8 Å². The van der Waals surface area contributed by atoms with Crippen molar-refractivity contribution in [3.05, 3.63) is 59.1 Å². The van der Waals surface area contributed by atoms with Crippen molar-refractivity contribution >= 4 is 22.4 Å². The van der Waals surface area contributed by atoms with Gasteiger partial charge in [-0.1, -0.05) is 36.4 Å². The Kier molecular flexibility index (Phi) is 4.76. The maximum absolute atomic E-state index is 10.9. The van der Waals surface area contributed by atoms with Gasteiger partial charge in [-0.3, -0.25) is 0 Å². The predicted octanol–water partition coefficient (Wildman–Crippen LogP) is 4.03. The van der Waals surface area contributed by atoms with Crippen LogP contribution in [0.5, 0.6) is 0 Å². The second-order valence-electron chi connectivity index (χ2n) is 6.00. The molecule has 1 aliphatic carbocycles. The zero-order valence-electron chi connectivity index (χ0n) is 12.8. The van der Waals surface area contributed by atoms with Gasteiger partial charge in [0.2, 0.25) is 0 Å². The van der Waals surface area contributed by atoms with Crippen LogP contribution < -0.4 is 5.73 Å². The molecule has 23 heavy (non-hydrogen) atoms. The highest BCUT2D eigenvalue weighted by Crippen LogP contribution is 2.45.